The van der Waals surface area contributed by atoms with E-state index in [0.29, 0.717) is 11.5 Å². The van der Waals surface area contributed by atoms with E-state index < -0.39 is 0 Å². The molecule has 0 aromatic heterocycles. The normalized spacial score (nSPS) is 25.6. The molecular weight excluding hydrogens is 346 g/mol. The van der Waals surface area contributed by atoms with E-state index in [9.17, 15) is 4.79 Å². The van der Waals surface area contributed by atoms with Crippen LogP contribution in [0, 0.1) is 17.8 Å². The molecule has 148 valence electrons. The highest BCUT2D eigenvalue weighted by Gasteiger charge is 2.51. The highest BCUT2D eigenvalue weighted by molar-refractivity contribution is 5.96. The van der Waals surface area contributed by atoms with E-state index in [1.54, 1.807) is 7.11 Å². The molecule has 3 nitrogen and oxygen atoms in total. The Morgan fingerprint density at radius 2 is 1.89 bits per heavy atom. The minimum Gasteiger partial charge on any atom is -0.496 e. The standard InChI is InChI=1S/C25H31NO2/c1-17-7-6-8-18(11-17)21-10-9-19(12-22(21)28-5)23(27)26-16-25(4)14-20(26)13-24(2,3)15-25/h6-12,20H,13-16H2,1-5H3/t20-,25-/m1/s1. The van der Waals surface area contributed by atoms with Crippen molar-refractivity contribution in [3.05, 3.63) is 53.6 Å². The molecule has 0 N–H and O–H groups in total. The van der Waals surface area contributed by atoms with Crippen LogP contribution in [0.4, 0.5) is 0 Å². The summed E-state index contributed by atoms with van der Waals surface area (Å²) in [5.74, 6) is 0.894. The number of nitrogens with zero attached hydrogens (tertiary/aromatic N) is 1. The third kappa shape index (κ3) is 3.43. The summed E-state index contributed by atoms with van der Waals surface area (Å²) in [6.07, 6.45) is 3.41. The van der Waals surface area contributed by atoms with E-state index in [0.717, 1.165) is 41.8 Å². The smallest absolute Gasteiger partial charge is 0.254 e. The molecule has 3 heteroatoms. The maximum absolute atomic E-state index is 13.4. The molecule has 28 heavy (non-hydrogen) atoms. The van der Waals surface area contributed by atoms with Gasteiger partial charge in [-0.25, -0.2) is 0 Å². The Balaban J connectivity index is 1.64. The van der Waals surface area contributed by atoms with Crippen LogP contribution < -0.4 is 4.74 Å². The van der Waals surface area contributed by atoms with Gasteiger partial charge in [0.25, 0.3) is 5.91 Å². The van der Waals surface area contributed by atoms with Crippen molar-refractivity contribution >= 4 is 5.91 Å². The minimum absolute atomic E-state index is 0.139. The van der Waals surface area contributed by atoms with E-state index >= 15 is 0 Å². The predicted molar refractivity (Wildman–Crippen MR) is 114 cm³/mol. The largest absolute Gasteiger partial charge is 0.496 e. The second kappa shape index (κ2) is 6.65. The average Bonchev–Trinajstić information content (AvgIpc) is 2.89. The number of carbonyl (C=O) groups excluding carboxylic acids is 1. The number of aryl methyl sites for hydroxylation is 1. The third-order valence-electron chi connectivity index (χ3n) is 6.45. The summed E-state index contributed by atoms with van der Waals surface area (Å²) >= 11 is 0. The molecule has 1 saturated heterocycles. The second-order valence-corrected chi connectivity index (χ2v) is 9.93. The Bertz CT molecular complexity index is 917. The molecule has 1 aliphatic carbocycles. The van der Waals surface area contributed by atoms with Crippen molar-refractivity contribution in [1.29, 1.82) is 0 Å². The van der Waals surface area contributed by atoms with Crippen molar-refractivity contribution in [2.24, 2.45) is 10.8 Å². The number of hydrogen-bond donors (Lipinski definition) is 0. The van der Waals surface area contributed by atoms with Crippen LogP contribution in [0.2, 0.25) is 0 Å². The SMILES string of the molecule is COc1cc(C(=O)N2C[C@]3(C)C[C@H]2CC(C)(C)C3)ccc1-c1cccc(C)c1. The maximum Gasteiger partial charge on any atom is 0.254 e. The molecule has 0 unspecified atom stereocenters. The summed E-state index contributed by atoms with van der Waals surface area (Å²) in [7, 11) is 1.68. The van der Waals surface area contributed by atoms with Gasteiger partial charge in [0, 0.05) is 23.7 Å². The maximum atomic E-state index is 13.4. The third-order valence-corrected chi connectivity index (χ3v) is 6.45. The van der Waals surface area contributed by atoms with Crippen molar-refractivity contribution in [3.8, 4) is 16.9 Å². The van der Waals surface area contributed by atoms with Gasteiger partial charge >= 0.3 is 0 Å². The van der Waals surface area contributed by atoms with E-state index in [-0.39, 0.29) is 11.3 Å². The molecule has 2 aromatic carbocycles. The molecule has 1 aliphatic heterocycles. The zero-order valence-corrected chi connectivity index (χ0v) is 17.7. The summed E-state index contributed by atoms with van der Waals surface area (Å²) in [6.45, 7) is 9.97. The number of fused-ring (bicyclic) bond motifs is 2. The van der Waals surface area contributed by atoms with Crippen LogP contribution in [0.5, 0.6) is 5.75 Å². The van der Waals surface area contributed by atoms with Crippen molar-refractivity contribution in [2.45, 2.75) is 53.0 Å². The first kappa shape index (κ1) is 19.0. The molecule has 2 aromatic rings. The number of rotatable bonds is 3. The Labute approximate surface area is 168 Å². The molecule has 1 heterocycles. The fourth-order valence-corrected chi connectivity index (χ4v) is 5.74. The summed E-state index contributed by atoms with van der Waals surface area (Å²) < 4.78 is 5.66. The van der Waals surface area contributed by atoms with E-state index in [1.807, 2.05) is 18.2 Å². The van der Waals surface area contributed by atoms with Gasteiger partial charge < -0.3 is 9.64 Å². The fraction of sp³-hybridized carbons (Fsp3) is 0.480. The molecule has 1 amide bonds. The average molecular weight is 378 g/mol. The lowest BCUT2D eigenvalue weighted by atomic mass is 9.65. The summed E-state index contributed by atoms with van der Waals surface area (Å²) in [5.41, 5.74) is 4.62. The van der Waals surface area contributed by atoms with Gasteiger partial charge in [0.15, 0.2) is 0 Å². The summed E-state index contributed by atoms with van der Waals surface area (Å²) in [5, 5.41) is 0. The molecule has 2 aliphatic rings. The lowest BCUT2D eigenvalue weighted by Gasteiger charge is -2.39. The Morgan fingerprint density at radius 3 is 2.61 bits per heavy atom. The van der Waals surface area contributed by atoms with Crippen LogP contribution in [0.25, 0.3) is 11.1 Å². The molecular formula is C25H31NO2. The molecule has 1 saturated carbocycles. The van der Waals surface area contributed by atoms with Gasteiger partial charge in [-0.15, -0.1) is 0 Å². The van der Waals surface area contributed by atoms with Gasteiger partial charge in [0.05, 0.1) is 7.11 Å². The van der Waals surface area contributed by atoms with E-state index in [1.165, 1.54) is 12.0 Å². The fourth-order valence-electron chi connectivity index (χ4n) is 5.74. The van der Waals surface area contributed by atoms with Gasteiger partial charge in [-0.3, -0.25) is 4.79 Å². The van der Waals surface area contributed by atoms with Gasteiger partial charge in [-0.2, -0.15) is 0 Å². The number of benzene rings is 2. The highest BCUT2D eigenvalue weighted by atomic mass is 16.5. The van der Waals surface area contributed by atoms with Crippen molar-refractivity contribution < 1.29 is 9.53 Å². The van der Waals surface area contributed by atoms with Crippen LogP contribution in [0.15, 0.2) is 42.5 Å². The first-order chi connectivity index (χ1) is 13.2. The van der Waals surface area contributed by atoms with E-state index in [2.05, 4.69) is 56.9 Å². The number of hydrogen-bond acceptors (Lipinski definition) is 2. The minimum atomic E-state index is 0.139. The first-order valence-corrected chi connectivity index (χ1v) is 10.3. The van der Waals surface area contributed by atoms with Crippen LogP contribution in [0.3, 0.4) is 0 Å². The number of amides is 1. The number of ether oxygens (including phenoxy) is 1. The van der Waals surface area contributed by atoms with Crippen molar-refractivity contribution in [2.75, 3.05) is 13.7 Å². The lowest BCUT2D eigenvalue weighted by Crippen LogP contribution is -2.37. The quantitative estimate of drug-likeness (QED) is 0.685. The van der Waals surface area contributed by atoms with E-state index in [4.69, 9.17) is 4.74 Å². The summed E-state index contributed by atoms with van der Waals surface area (Å²) in [4.78, 5) is 15.5. The second-order valence-electron chi connectivity index (χ2n) is 9.93. The number of methoxy groups -OCH3 is 1. The highest BCUT2D eigenvalue weighted by Crippen LogP contribution is 2.52. The molecule has 4 rings (SSSR count). The Morgan fingerprint density at radius 1 is 1.11 bits per heavy atom. The number of likely N-dealkylation sites (tertiary alicyclic amines) is 1. The van der Waals surface area contributed by atoms with Crippen LogP contribution >= 0.6 is 0 Å². The van der Waals surface area contributed by atoms with Gasteiger partial charge in [0.2, 0.25) is 0 Å². The zero-order chi connectivity index (χ0) is 20.1. The Hall–Kier alpha value is -2.29. The predicted octanol–water partition coefficient (Wildman–Crippen LogP) is 5.71. The molecule has 2 atom stereocenters. The monoisotopic (exact) mass is 377 g/mol. The zero-order valence-electron chi connectivity index (χ0n) is 17.7. The van der Waals surface area contributed by atoms with Crippen LogP contribution in [-0.2, 0) is 0 Å². The summed E-state index contributed by atoms with van der Waals surface area (Å²) in [6, 6.07) is 14.6. The molecule has 0 spiro atoms. The first-order valence-electron chi connectivity index (χ1n) is 10.3. The molecule has 0 radical (unpaired) electrons. The topological polar surface area (TPSA) is 29.5 Å². The van der Waals surface area contributed by atoms with Crippen LogP contribution in [-0.4, -0.2) is 30.5 Å². The van der Waals surface area contributed by atoms with Crippen molar-refractivity contribution in [1.82, 2.24) is 4.90 Å². The van der Waals surface area contributed by atoms with Crippen LogP contribution in [0.1, 0.15) is 56.0 Å². The van der Waals surface area contributed by atoms with Gasteiger partial charge in [-0.05, 0) is 60.8 Å². The lowest BCUT2D eigenvalue weighted by molar-refractivity contribution is 0.0708. The van der Waals surface area contributed by atoms with Crippen molar-refractivity contribution in [3.63, 3.8) is 0 Å². The molecule has 2 bridgehead atoms. The molecule has 2 fully saturated rings. The van der Waals surface area contributed by atoms with Gasteiger partial charge in [0.1, 0.15) is 5.75 Å². The van der Waals surface area contributed by atoms with Gasteiger partial charge in [-0.1, -0.05) is 50.6 Å². The Kier molecular flexibility index (Phi) is 4.52. The number of carbonyl (C=O) groups is 1.